The SMILES string of the molecule is C=CCc1cc(/C=C2/NC(=O)N(c3cccc(Cl)c3)C2=O)cc(OCC)c1OCc1ccc(Cl)c(Cl)c1. The molecule has 1 fully saturated rings. The highest BCUT2D eigenvalue weighted by molar-refractivity contribution is 6.42. The van der Waals surface area contributed by atoms with Gasteiger partial charge in [-0.2, -0.15) is 0 Å². The van der Waals surface area contributed by atoms with Gasteiger partial charge >= 0.3 is 6.03 Å². The van der Waals surface area contributed by atoms with E-state index in [4.69, 9.17) is 44.3 Å². The Labute approximate surface area is 230 Å². The summed E-state index contributed by atoms with van der Waals surface area (Å²) < 4.78 is 12.0. The van der Waals surface area contributed by atoms with Crippen LogP contribution in [0.15, 0.2) is 72.9 Å². The van der Waals surface area contributed by atoms with Crippen molar-refractivity contribution in [3.05, 3.63) is 105 Å². The Morgan fingerprint density at radius 2 is 1.81 bits per heavy atom. The predicted octanol–water partition coefficient (Wildman–Crippen LogP) is 7.45. The Morgan fingerprint density at radius 1 is 1.00 bits per heavy atom. The van der Waals surface area contributed by atoms with Crippen LogP contribution in [0.25, 0.3) is 6.08 Å². The number of carbonyl (C=O) groups excluding carboxylic acids is 2. The number of rotatable bonds is 9. The zero-order valence-electron chi connectivity index (χ0n) is 19.9. The molecule has 0 spiro atoms. The van der Waals surface area contributed by atoms with Gasteiger partial charge in [0.2, 0.25) is 0 Å². The zero-order chi connectivity index (χ0) is 26.5. The molecule has 1 N–H and O–H groups in total. The molecule has 1 heterocycles. The summed E-state index contributed by atoms with van der Waals surface area (Å²) in [6.07, 6.45) is 3.84. The summed E-state index contributed by atoms with van der Waals surface area (Å²) in [4.78, 5) is 26.7. The third-order valence-corrected chi connectivity index (χ3v) is 6.42. The van der Waals surface area contributed by atoms with E-state index in [0.717, 1.165) is 16.0 Å². The molecule has 1 aliphatic heterocycles. The highest BCUT2D eigenvalue weighted by Crippen LogP contribution is 2.36. The van der Waals surface area contributed by atoms with Gasteiger partial charge in [0.25, 0.3) is 5.91 Å². The second-order valence-electron chi connectivity index (χ2n) is 8.08. The van der Waals surface area contributed by atoms with Crippen molar-refractivity contribution in [1.82, 2.24) is 5.32 Å². The van der Waals surface area contributed by atoms with Crippen LogP contribution in [-0.2, 0) is 17.8 Å². The lowest BCUT2D eigenvalue weighted by atomic mass is 10.0. The van der Waals surface area contributed by atoms with Crippen molar-refractivity contribution in [3.8, 4) is 11.5 Å². The summed E-state index contributed by atoms with van der Waals surface area (Å²) in [5, 5.41) is 3.96. The van der Waals surface area contributed by atoms with E-state index in [0.29, 0.717) is 50.8 Å². The highest BCUT2D eigenvalue weighted by atomic mass is 35.5. The fourth-order valence-corrected chi connectivity index (χ4v) is 4.34. The Hall–Kier alpha value is -3.45. The normalized spacial score (nSPS) is 14.2. The van der Waals surface area contributed by atoms with Gasteiger partial charge in [-0.15, -0.1) is 6.58 Å². The standard InChI is InChI=1S/C28H23Cl3N2O4/c1-3-6-19-11-18(13-24-27(34)33(28(35)32-24)21-8-5-7-20(29)15-21)14-25(36-4-2)26(19)37-16-17-9-10-22(30)23(31)12-17/h3,5,7-15H,1,4,6,16H2,2H3,(H,32,35)/b24-13+. The van der Waals surface area contributed by atoms with Gasteiger partial charge in [0, 0.05) is 10.6 Å². The van der Waals surface area contributed by atoms with Crippen molar-refractivity contribution in [3.63, 3.8) is 0 Å². The van der Waals surface area contributed by atoms with E-state index in [-0.39, 0.29) is 12.3 Å². The van der Waals surface area contributed by atoms with Crippen molar-refractivity contribution in [2.24, 2.45) is 0 Å². The number of allylic oxidation sites excluding steroid dienone is 1. The van der Waals surface area contributed by atoms with Crippen LogP contribution in [0.5, 0.6) is 11.5 Å². The molecular formula is C28H23Cl3N2O4. The van der Waals surface area contributed by atoms with Crippen LogP contribution in [0.2, 0.25) is 15.1 Å². The molecule has 190 valence electrons. The number of benzene rings is 3. The first-order chi connectivity index (χ1) is 17.8. The number of hydrogen-bond acceptors (Lipinski definition) is 4. The molecule has 3 aromatic carbocycles. The third-order valence-electron chi connectivity index (χ3n) is 5.44. The monoisotopic (exact) mass is 556 g/mol. The first kappa shape index (κ1) is 26.6. The average Bonchev–Trinajstić information content (AvgIpc) is 3.13. The lowest BCUT2D eigenvalue weighted by molar-refractivity contribution is -0.113. The number of urea groups is 1. The Bertz CT molecular complexity index is 1400. The Balaban J connectivity index is 1.66. The van der Waals surface area contributed by atoms with Crippen molar-refractivity contribution >= 4 is 58.5 Å². The number of imide groups is 1. The molecule has 9 heteroatoms. The molecule has 3 amide bonds. The van der Waals surface area contributed by atoms with Gasteiger partial charge in [0.1, 0.15) is 12.3 Å². The summed E-state index contributed by atoms with van der Waals surface area (Å²) >= 11 is 18.2. The van der Waals surface area contributed by atoms with Crippen molar-refractivity contribution in [2.45, 2.75) is 20.0 Å². The molecule has 0 unspecified atom stereocenters. The molecule has 0 saturated carbocycles. The molecular weight excluding hydrogens is 535 g/mol. The van der Waals surface area contributed by atoms with E-state index >= 15 is 0 Å². The molecule has 0 radical (unpaired) electrons. The van der Waals surface area contributed by atoms with E-state index in [1.165, 1.54) is 0 Å². The lowest BCUT2D eigenvalue weighted by Crippen LogP contribution is -2.30. The summed E-state index contributed by atoms with van der Waals surface area (Å²) in [6.45, 7) is 6.35. The minimum Gasteiger partial charge on any atom is -0.490 e. The second kappa shape index (κ2) is 11.7. The van der Waals surface area contributed by atoms with Gasteiger partial charge in [-0.25, -0.2) is 9.69 Å². The molecule has 6 nitrogen and oxygen atoms in total. The summed E-state index contributed by atoms with van der Waals surface area (Å²) in [6, 6.07) is 14.9. The van der Waals surface area contributed by atoms with Gasteiger partial charge in [0.05, 0.1) is 22.3 Å². The van der Waals surface area contributed by atoms with Crippen LogP contribution in [0, 0.1) is 0 Å². The van der Waals surface area contributed by atoms with Crippen LogP contribution in [-0.4, -0.2) is 18.5 Å². The average molecular weight is 558 g/mol. The topological polar surface area (TPSA) is 67.9 Å². The van der Waals surface area contributed by atoms with Crippen molar-refractivity contribution in [1.29, 1.82) is 0 Å². The molecule has 3 aromatic rings. The smallest absolute Gasteiger partial charge is 0.333 e. The van der Waals surface area contributed by atoms with E-state index in [9.17, 15) is 9.59 Å². The summed E-state index contributed by atoms with van der Waals surface area (Å²) in [5.74, 6) is 0.560. The minimum atomic E-state index is -0.559. The molecule has 1 saturated heterocycles. The lowest BCUT2D eigenvalue weighted by Gasteiger charge is -2.17. The van der Waals surface area contributed by atoms with Crippen LogP contribution in [0.1, 0.15) is 23.6 Å². The van der Waals surface area contributed by atoms with Gasteiger partial charge < -0.3 is 14.8 Å². The summed E-state index contributed by atoms with van der Waals surface area (Å²) in [5.41, 5.74) is 2.80. The molecule has 0 aromatic heterocycles. The molecule has 4 rings (SSSR count). The van der Waals surface area contributed by atoms with Crippen molar-refractivity contribution < 1.29 is 19.1 Å². The van der Waals surface area contributed by atoms with Crippen LogP contribution in [0.4, 0.5) is 10.5 Å². The van der Waals surface area contributed by atoms with Crippen LogP contribution >= 0.6 is 34.8 Å². The fourth-order valence-electron chi connectivity index (χ4n) is 3.84. The number of nitrogens with zero attached hydrogens (tertiary/aromatic N) is 1. The predicted molar refractivity (Wildman–Crippen MR) is 148 cm³/mol. The minimum absolute atomic E-state index is 0.126. The number of carbonyl (C=O) groups is 2. The van der Waals surface area contributed by atoms with E-state index < -0.39 is 11.9 Å². The summed E-state index contributed by atoms with van der Waals surface area (Å²) in [7, 11) is 0. The second-order valence-corrected chi connectivity index (χ2v) is 9.33. The highest BCUT2D eigenvalue weighted by Gasteiger charge is 2.35. The molecule has 0 bridgehead atoms. The maximum Gasteiger partial charge on any atom is 0.333 e. The molecule has 37 heavy (non-hydrogen) atoms. The first-order valence-electron chi connectivity index (χ1n) is 11.4. The van der Waals surface area contributed by atoms with Gasteiger partial charge in [-0.1, -0.05) is 53.0 Å². The number of hydrogen-bond donors (Lipinski definition) is 1. The van der Waals surface area contributed by atoms with Gasteiger partial charge in [0.15, 0.2) is 11.5 Å². The fraction of sp³-hybridized carbons (Fsp3) is 0.143. The molecule has 0 atom stereocenters. The molecule has 1 aliphatic rings. The Morgan fingerprint density at radius 3 is 2.51 bits per heavy atom. The molecule has 0 aliphatic carbocycles. The van der Waals surface area contributed by atoms with Gasteiger partial charge in [-0.3, -0.25) is 4.79 Å². The van der Waals surface area contributed by atoms with E-state index in [1.54, 1.807) is 54.6 Å². The van der Waals surface area contributed by atoms with E-state index in [2.05, 4.69) is 11.9 Å². The van der Waals surface area contributed by atoms with E-state index in [1.807, 2.05) is 19.1 Å². The quantitative estimate of drug-likeness (QED) is 0.169. The largest absolute Gasteiger partial charge is 0.490 e. The first-order valence-corrected chi connectivity index (χ1v) is 12.5. The van der Waals surface area contributed by atoms with Crippen LogP contribution in [0.3, 0.4) is 0 Å². The van der Waals surface area contributed by atoms with Gasteiger partial charge in [-0.05, 0) is 73.0 Å². The number of amides is 3. The number of halogens is 3. The zero-order valence-corrected chi connectivity index (χ0v) is 22.2. The maximum absolute atomic E-state index is 13.1. The van der Waals surface area contributed by atoms with Crippen LogP contribution < -0.4 is 19.7 Å². The van der Waals surface area contributed by atoms with Crippen molar-refractivity contribution in [2.75, 3.05) is 11.5 Å². The number of anilines is 1. The maximum atomic E-state index is 13.1. The number of ether oxygens (including phenoxy) is 2. The Kier molecular flexibility index (Phi) is 8.44. The number of nitrogens with one attached hydrogen (secondary N) is 1. The third kappa shape index (κ3) is 6.10.